The summed E-state index contributed by atoms with van der Waals surface area (Å²) in [7, 11) is 0. The number of nitrogens with two attached hydrogens (primary N) is 1. The number of pyridine rings is 1. The van der Waals surface area contributed by atoms with E-state index in [-0.39, 0.29) is 11.8 Å². The number of aromatic nitrogens is 1. The maximum atomic E-state index is 13.1. The van der Waals surface area contributed by atoms with Crippen LogP contribution in [0.4, 0.5) is 11.4 Å². The number of para-hydroxylation sites is 1. The van der Waals surface area contributed by atoms with E-state index < -0.39 is 0 Å². The van der Waals surface area contributed by atoms with E-state index in [1.54, 1.807) is 0 Å². The van der Waals surface area contributed by atoms with E-state index in [9.17, 15) is 4.79 Å². The molecule has 0 bridgehead atoms. The highest BCUT2D eigenvalue weighted by Gasteiger charge is 2.23. The molecule has 0 saturated heterocycles. The first-order chi connectivity index (χ1) is 17.1. The number of fused-ring (bicyclic) bond motifs is 1. The first kappa shape index (κ1) is 24.5. The van der Waals surface area contributed by atoms with Crippen molar-refractivity contribution < 1.29 is 9.53 Å². The van der Waals surface area contributed by atoms with Gasteiger partial charge in [0.15, 0.2) is 0 Å². The number of unbranched alkanes of at least 4 members (excludes halogenated alkanes) is 4. The molecule has 1 aliphatic rings. The van der Waals surface area contributed by atoms with Crippen molar-refractivity contribution in [2.24, 2.45) is 5.92 Å². The Balaban J connectivity index is 1.21. The number of carbonyl (C=O) groups excluding carboxylic acids is 1. The molecule has 2 aromatic carbocycles. The molecule has 35 heavy (non-hydrogen) atoms. The number of hydrogen-bond donors (Lipinski definition) is 2. The Labute approximate surface area is 208 Å². The summed E-state index contributed by atoms with van der Waals surface area (Å²) >= 11 is 0. The molecule has 1 atom stereocenters. The molecule has 5 nitrogen and oxygen atoms in total. The van der Waals surface area contributed by atoms with Gasteiger partial charge >= 0.3 is 0 Å². The lowest BCUT2D eigenvalue weighted by Crippen LogP contribution is -2.25. The number of nitrogens with one attached hydrogen (secondary N) is 1. The van der Waals surface area contributed by atoms with Crippen LogP contribution in [0.25, 0.3) is 10.9 Å². The van der Waals surface area contributed by atoms with E-state index in [0.717, 1.165) is 73.2 Å². The number of allylic oxidation sites excluding steroid dienone is 3. The second kappa shape index (κ2) is 12.2. The summed E-state index contributed by atoms with van der Waals surface area (Å²) in [6.07, 6.45) is 13.6. The largest absolute Gasteiger partial charge is 0.494 e. The minimum Gasteiger partial charge on any atom is -0.494 e. The Hall–Kier alpha value is -3.60. The molecule has 0 radical (unpaired) electrons. The summed E-state index contributed by atoms with van der Waals surface area (Å²) < 4.78 is 5.76. The second-order valence-electron chi connectivity index (χ2n) is 9.21. The fraction of sp³-hybridized carbons (Fsp3) is 0.333. The fourth-order valence-corrected chi connectivity index (χ4v) is 4.57. The SMILES string of the molecule is Cc1cc(N)c2cc(NC(=O)C3CC=CC=C3CCCCCCCOc3ccccc3)ccc2n1. The molecule has 1 unspecified atom stereocenters. The number of ether oxygens (including phenoxy) is 1. The Morgan fingerprint density at radius 2 is 1.86 bits per heavy atom. The summed E-state index contributed by atoms with van der Waals surface area (Å²) in [5.74, 6) is 0.855. The molecule has 1 heterocycles. The molecule has 182 valence electrons. The summed E-state index contributed by atoms with van der Waals surface area (Å²) in [6, 6.07) is 17.6. The van der Waals surface area contributed by atoms with E-state index in [0.29, 0.717) is 5.69 Å². The Morgan fingerprint density at radius 1 is 1.06 bits per heavy atom. The van der Waals surface area contributed by atoms with Crippen LogP contribution in [0.1, 0.15) is 50.6 Å². The van der Waals surface area contributed by atoms with E-state index in [4.69, 9.17) is 10.5 Å². The monoisotopic (exact) mass is 469 g/mol. The summed E-state index contributed by atoms with van der Waals surface area (Å²) in [5.41, 5.74) is 10.6. The number of nitrogen functional groups attached to an aromatic ring is 1. The summed E-state index contributed by atoms with van der Waals surface area (Å²) in [5, 5.41) is 3.97. The molecule has 0 saturated carbocycles. The molecule has 1 amide bonds. The van der Waals surface area contributed by atoms with Crippen LogP contribution in [0.15, 0.2) is 78.4 Å². The minimum atomic E-state index is -0.122. The Bertz CT molecular complexity index is 1200. The number of benzene rings is 2. The summed E-state index contributed by atoms with van der Waals surface area (Å²) in [6.45, 7) is 2.69. The Kier molecular flexibility index (Phi) is 8.55. The van der Waals surface area contributed by atoms with Crippen molar-refractivity contribution in [3.8, 4) is 5.75 Å². The van der Waals surface area contributed by atoms with E-state index in [1.165, 1.54) is 12.0 Å². The number of aryl methyl sites for hydroxylation is 1. The highest BCUT2D eigenvalue weighted by Crippen LogP contribution is 2.29. The molecule has 5 heteroatoms. The fourth-order valence-electron chi connectivity index (χ4n) is 4.57. The molecular weight excluding hydrogens is 434 g/mol. The lowest BCUT2D eigenvalue weighted by Gasteiger charge is -2.21. The minimum absolute atomic E-state index is 0.0386. The quantitative estimate of drug-likeness (QED) is 0.297. The molecule has 3 aromatic rings. The van der Waals surface area contributed by atoms with Crippen LogP contribution >= 0.6 is 0 Å². The van der Waals surface area contributed by atoms with Gasteiger partial charge in [-0.1, -0.05) is 61.3 Å². The van der Waals surface area contributed by atoms with Gasteiger partial charge in [0, 0.05) is 22.5 Å². The number of nitrogens with zero attached hydrogens (tertiary/aromatic N) is 1. The molecule has 1 aromatic heterocycles. The third kappa shape index (κ3) is 6.95. The van der Waals surface area contributed by atoms with Gasteiger partial charge in [0.1, 0.15) is 5.75 Å². The molecule has 3 N–H and O–H groups in total. The average Bonchev–Trinajstić information content (AvgIpc) is 2.87. The predicted octanol–water partition coefficient (Wildman–Crippen LogP) is 6.99. The highest BCUT2D eigenvalue weighted by molar-refractivity contribution is 5.99. The van der Waals surface area contributed by atoms with Crippen molar-refractivity contribution in [1.29, 1.82) is 0 Å². The van der Waals surface area contributed by atoms with Crippen molar-refractivity contribution >= 4 is 28.2 Å². The average molecular weight is 470 g/mol. The van der Waals surface area contributed by atoms with Crippen molar-refractivity contribution in [3.63, 3.8) is 0 Å². The first-order valence-electron chi connectivity index (χ1n) is 12.6. The third-order valence-corrected chi connectivity index (χ3v) is 6.44. The molecule has 4 rings (SSSR count). The zero-order chi connectivity index (χ0) is 24.5. The first-order valence-corrected chi connectivity index (χ1v) is 12.6. The van der Waals surface area contributed by atoms with E-state index in [2.05, 4.69) is 28.5 Å². The number of rotatable bonds is 11. The number of carbonyl (C=O) groups is 1. The lowest BCUT2D eigenvalue weighted by atomic mass is 9.87. The zero-order valence-electron chi connectivity index (χ0n) is 20.5. The van der Waals surface area contributed by atoms with E-state index >= 15 is 0 Å². The van der Waals surface area contributed by atoms with Gasteiger partial charge < -0.3 is 15.8 Å². The molecule has 0 fully saturated rings. The topological polar surface area (TPSA) is 77.2 Å². The smallest absolute Gasteiger partial charge is 0.231 e. The zero-order valence-corrected chi connectivity index (χ0v) is 20.5. The van der Waals surface area contributed by atoms with Gasteiger partial charge in [0.05, 0.1) is 18.0 Å². The highest BCUT2D eigenvalue weighted by atomic mass is 16.5. The van der Waals surface area contributed by atoms with Gasteiger partial charge in [0.25, 0.3) is 0 Å². The number of amides is 1. The van der Waals surface area contributed by atoms with Crippen LogP contribution in [0.5, 0.6) is 5.75 Å². The molecule has 1 aliphatic carbocycles. The number of hydrogen-bond acceptors (Lipinski definition) is 4. The van der Waals surface area contributed by atoms with Gasteiger partial charge in [-0.3, -0.25) is 9.78 Å². The van der Waals surface area contributed by atoms with E-state index in [1.807, 2.05) is 61.5 Å². The van der Waals surface area contributed by atoms with Crippen LogP contribution in [0.2, 0.25) is 0 Å². The Morgan fingerprint density at radius 3 is 2.71 bits per heavy atom. The third-order valence-electron chi connectivity index (χ3n) is 6.44. The maximum absolute atomic E-state index is 13.1. The second-order valence-corrected chi connectivity index (χ2v) is 9.21. The van der Waals surface area contributed by atoms with Crippen LogP contribution in [0.3, 0.4) is 0 Å². The van der Waals surface area contributed by atoms with Gasteiger partial charge in [0.2, 0.25) is 5.91 Å². The molecule has 0 spiro atoms. The van der Waals surface area contributed by atoms with Crippen LogP contribution < -0.4 is 15.8 Å². The molecule has 0 aliphatic heterocycles. The lowest BCUT2D eigenvalue weighted by molar-refractivity contribution is -0.118. The van der Waals surface area contributed by atoms with Gasteiger partial charge in [-0.2, -0.15) is 0 Å². The van der Waals surface area contributed by atoms with Crippen molar-refractivity contribution in [2.45, 2.75) is 51.9 Å². The van der Waals surface area contributed by atoms with Crippen molar-refractivity contribution in [3.05, 3.63) is 84.1 Å². The standard InChI is InChI=1S/C30H35N3O2/c1-22-20-28(31)27-21-24(17-18-29(27)32-22)33-30(34)26-16-10-9-13-23(26)12-6-3-2-4-11-19-35-25-14-7-5-8-15-25/h5,7-10,13-15,17-18,20-21,26H,2-4,6,11-12,16,19H2,1H3,(H2,31,32)(H,33,34). The maximum Gasteiger partial charge on any atom is 0.231 e. The molecular formula is C30H35N3O2. The van der Waals surface area contributed by atoms with Gasteiger partial charge in [-0.15, -0.1) is 0 Å². The normalized spacial score (nSPS) is 15.1. The van der Waals surface area contributed by atoms with Crippen molar-refractivity contribution in [2.75, 3.05) is 17.7 Å². The summed E-state index contributed by atoms with van der Waals surface area (Å²) in [4.78, 5) is 17.7. The van der Waals surface area contributed by atoms with Crippen LogP contribution in [-0.2, 0) is 4.79 Å². The predicted molar refractivity (Wildman–Crippen MR) is 144 cm³/mol. The van der Waals surface area contributed by atoms with Gasteiger partial charge in [-0.05, 0) is 69.0 Å². The van der Waals surface area contributed by atoms with Crippen molar-refractivity contribution in [1.82, 2.24) is 4.98 Å². The number of anilines is 2. The van der Waals surface area contributed by atoms with Crippen LogP contribution in [-0.4, -0.2) is 17.5 Å². The van der Waals surface area contributed by atoms with Crippen LogP contribution in [0, 0.1) is 12.8 Å². The van der Waals surface area contributed by atoms with Gasteiger partial charge in [-0.25, -0.2) is 0 Å².